The van der Waals surface area contributed by atoms with Crippen LogP contribution in [0.3, 0.4) is 0 Å². The Morgan fingerprint density at radius 1 is 1.10 bits per heavy atom. The molecule has 2 heterocycles. The van der Waals surface area contributed by atoms with Crippen LogP contribution in [0.5, 0.6) is 0 Å². The number of carbonyl (C=O) groups excluding carboxylic acids is 1. The Labute approximate surface area is 168 Å². The highest BCUT2D eigenvalue weighted by atomic mass is 16.5. The fraction of sp³-hybridized carbons (Fsp3) is 0.143. The van der Waals surface area contributed by atoms with E-state index in [9.17, 15) is 4.79 Å². The van der Waals surface area contributed by atoms with Crippen molar-refractivity contribution in [1.29, 1.82) is 0 Å². The summed E-state index contributed by atoms with van der Waals surface area (Å²) in [5.41, 5.74) is 9.66. The number of benzene rings is 2. The molecule has 8 heteroatoms. The number of aromatic nitrogens is 2. The Hall–Kier alpha value is -3.94. The Morgan fingerprint density at radius 2 is 1.83 bits per heavy atom. The van der Waals surface area contributed by atoms with Crippen LogP contribution in [-0.2, 0) is 9.53 Å². The molecule has 1 unspecified atom stereocenters. The van der Waals surface area contributed by atoms with Crippen LogP contribution in [0.2, 0.25) is 0 Å². The molecule has 8 nitrogen and oxygen atoms in total. The summed E-state index contributed by atoms with van der Waals surface area (Å²) in [6, 6.07) is 17.0. The molecule has 1 atom stereocenters. The summed E-state index contributed by atoms with van der Waals surface area (Å²) >= 11 is 0. The third-order valence-electron chi connectivity index (χ3n) is 4.40. The van der Waals surface area contributed by atoms with Crippen LogP contribution in [0.25, 0.3) is 11.3 Å². The predicted molar refractivity (Wildman–Crippen MR) is 111 cm³/mol. The standard InChI is InChI=1S/C21H20N6O2/c1-13(28)24-16-10-8-14(9-11-16)17-12-23-19(22)18(25-17)21-27(2)26-20(29-21)15-6-4-3-5-7-15/h3-12,21H,1-2H3,(H2,22,23)(H,24,28). The summed E-state index contributed by atoms with van der Waals surface area (Å²) in [7, 11) is 1.80. The van der Waals surface area contributed by atoms with Crippen LogP contribution in [0.1, 0.15) is 24.4 Å². The van der Waals surface area contributed by atoms with Crippen molar-refractivity contribution in [2.45, 2.75) is 13.2 Å². The Balaban J connectivity index is 1.60. The summed E-state index contributed by atoms with van der Waals surface area (Å²) in [5, 5.41) is 8.87. The van der Waals surface area contributed by atoms with Gasteiger partial charge in [-0.05, 0) is 24.3 Å². The van der Waals surface area contributed by atoms with Gasteiger partial charge in [0.1, 0.15) is 5.69 Å². The minimum absolute atomic E-state index is 0.122. The number of hydrogen-bond donors (Lipinski definition) is 2. The molecule has 146 valence electrons. The van der Waals surface area contributed by atoms with Crippen LogP contribution < -0.4 is 11.1 Å². The normalized spacial score (nSPS) is 15.6. The van der Waals surface area contributed by atoms with Gasteiger partial charge in [-0.25, -0.2) is 9.97 Å². The number of nitrogens with zero attached hydrogens (tertiary/aromatic N) is 4. The van der Waals surface area contributed by atoms with Crippen molar-refractivity contribution in [2.24, 2.45) is 5.10 Å². The number of rotatable bonds is 4. The van der Waals surface area contributed by atoms with E-state index >= 15 is 0 Å². The van der Waals surface area contributed by atoms with Gasteiger partial charge in [0.05, 0.1) is 11.9 Å². The minimum atomic E-state index is -0.573. The first-order valence-corrected chi connectivity index (χ1v) is 9.05. The summed E-state index contributed by atoms with van der Waals surface area (Å²) in [6.45, 7) is 1.47. The fourth-order valence-electron chi connectivity index (χ4n) is 3.00. The van der Waals surface area contributed by atoms with Gasteiger partial charge in [0, 0.05) is 30.8 Å². The van der Waals surface area contributed by atoms with Gasteiger partial charge >= 0.3 is 0 Å². The van der Waals surface area contributed by atoms with E-state index in [0.29, 0.717) is 23.0 Å². The number of hydrogen-bond acceptors (Lipinski definition) is 7. The topological polar surface area (TPSA) is 106 Å². The van der Waals surface area contributed by atoms with E-state index in [1.54, 1.807) is 18.3 Å². The lowest BCUT2D eigenvalue weighted by atomic mass is 10.1. The maximum atomic E-state index is 11.2. The second-order valence-electron chi connectivity index (χ2n) is 6.60. The van der Waals surface area contributed by atoms with Crippen molar-refractivity contribution in [3.05, 3.63) is 72.1 Å². The highest BCUT2D eigenvalue weighted by Crippen LogP contribution is 2.31. The molecule has 2 aromatic carbocycles. The van der Waals surface area contributed by atoms with Crippen LogP contribution in [-0.4, -0.2) is 33.8 Å². The Morgan fingerprint density at radius 3 is 2.52 bits per heavy atom. The number of nitrogens with two attached hydrogens (primary N) is 1. The molecule has 3 aromatic rings. The van der Waals surface area contributed by atoms with E-state index in [2.05, 4.69) is 20.4 Å². The minimum Gasteiger partial charge on any atom is -0.444 e. The third kappa shape index (κ3) is 3.86. The lowest BCUT2D eigenvalue weighted by Crippen LogP contribution is -2.19. The number of hydrazone groups is 1. The van der Waals surface area contributed by atoms with Crippen molar-refractivity contribution in [3.8, 4) is 11.3 Å². The molecule has 0 fully saturated rings. The zero-order chi connectivity index (χ0) is 20.4. The molecule has 3 N–H and O–H groups in total. The molecule has 0 spiro atoms. The lowest BCUT2D eigenvalue weighted by molar-refractivity contribution is -0.114. The quantitative estimate of drug-likeness (QED) is 0.712. The number of ether oxygens (including phenoxy) is 1. The highest BCUT2D eigenvalue weighted by Gasteiger charge is 2.31. The fourth-order valence-corrected chi connectivity index (χ4v) is 3.00. The van der Waals surface area contributed by atoms with Crippen molar-refractivity contribution in [2.75, 3.05) is 18.1 Å². The number of nitrogens with one attached hydrogen (secondary N) is 1. The second-order valence-corrected chi connectivity index (χ2v) is 6.60. The van der Waals surface area contributed by atoms with Crippen molar-refractivity contribution < 1.29 is 9.53 Å². The van der Waals surface area contributed by atoms with Crippen molar-refractivity contribution in [3.63, 3.8) is 0 Å². The summed E-state index contributed by atoms with van der Waals surface area (Å²) in [4.78, 5) is 20.2. The Bertz CT molecular complexity index is 1070. The maximum Gasteiger partial charge on any atom is 0.240 e. The smallest absolute Gasteiger partial charge is 0.240 e. The summed E-state index contributed by atoms with van der Waals surface area (Å²) < 4.78 is 6.03. The molecule has 4 rings (SSSR count). The molecular weight excluding hydrogens is 368 g/mol. The summed E-state index contributed by atoms with van der Waals surface area (Å²) in [6.07, 6.45) is 1.04. The van der Waals surface area contributed by atoms with Gasteiger partial charge in [-0.2, -0.15) is 0 Å². The highest BCUT2D eigenvalue weighted by molar-refractivity contribution is 5.94. The molecule has 1 amide bonds. The first-order chi connectivity index (χ1) is 14.0. The number of amides is 1. The van der Waals surface area contributed by atoms with Gasteiger partial charge in [0.2, 0.25) is 18.0 Å². The van der Waals surface area contributed by atoms with Gasteiger partial charge in [0.15, 0.2) is 5.82 Å². The van der Waals surface area contributed by atoms with Crippen LogP contribution in [0, 0.1) is 0 Å². The van der Waals surface area contributed by atoms with Gasteiger partial charge in [-0.15, -0.1) is 5.10 Å². The molecular formula is C21H20N6O2. The predicted octanol–water partition coefficient (Wildman–Crippen LogP) is 3.01. The van der Waals surface area contributed by atoms with Crippen molar-refractivity contribution in [1.82, 2.24) is 15.0 Å². The molecule has 1 aliphatic rings. The van der Waals surface area contributed by atoms with Gasteiger partial charge in [-0.3, -0.25) is 9.80 Å². The lowest BCUT2D eigenvalue weighted by Gasteiger charge is -2.19. The SMILES string of the molecule is CC(=O)Nc1ccc(-c2cnc(N)c(C3OC(c4ccccc4)=NN3C)n2)cc1. The first kappa shape index (κ1) is 18.4. The van der Waals surface area contributed by atoms with Crippen molar-refractivity contribution >= 4 is 23.3 Å². The maximum absolute atomic E-state index is 11.2. The third-order valence-corrected chi connectivity index (χ3v) is 4.40. The molecule has 29 heavy (non-hydrogen) atoms. The number of nitrogen functional groups attached to an aromatic ring is 1. The molecule has 0 bridgehead atoms. The van der Waals surface area contributed by atoms with Gasteiger partial charge in [-0.1, -0.05) is 30.3 Å². The zero-order valence-corrected chi connectivity index (χ0v) is 16.0. The Kier molecular flexibility index (Phi) is 4.82. The zero-order valence-electron chi connectivity index (χ0n) is 16.0. The monoisotopic (exact) mass is 388 g/mol. The van der Waals surface area contributed by atoms with Crippen LogP contribution in [0.15, 0.2) is 65.9 Å². The molecule has 0 saturated heterocycles. The number of carbonyl (C=O) groups is 1. The van der Waals surface area contributed by atoms with Crippen LogP contribution in [0.4, 0.5) is 11.5 Å². The van der Waals surface area contributed by atoms with E-state index in [-0.39, 0.29) is 11.7 Å². The summed E-state index contributed by atoms with van der Waals surface area (Å²) in [5.74, 6) is 0.664. The largest absolute Gasteiger partial charge is 0.444 e. The molecule has 0 aliphatic carbocycles. The average Bonchev–Trinajstić information content (AvgIpc) is 3.11. The van der Waals surface area contributed by atoms with E-state index in [0.717, 1.165) is 11.1 Å². The van der Waals surface area contributed by atoms with Gasteiger partial charge < -0.3 is 15.8 Å². The molecule has 1 aliphatic heterocycles. The molecule has 1 aromatic heterocycles. The van der Waals surface area contributed by atoms with E-state index < -0.39 is 6.23 Å². The van der Waals surface area contributed by atoms with Gasteiger partial charge in [0.25, 0.3) is 0 Å². The van der Waals surface area contributed by atoms with E-state index in [4.69, 9.17) is 10.5 Å². The number of anilines is 2. The average molecular weight is 388 g/mol. The first-order valence-electron chi connectivity index (χ1n) is 9.05. The van der Waals surface area contributed by atoms with E-state index in [1.807, 2.05) is 54.6 Å². The van der Waals surface area contributed by atoms with Crippen LogP contribution >= 0.6 is 0 Å². The second kappa shape index (κ2) is 7.59. The molecule has 0 saturated carbocycles. The molecule has 0 radical (unpaired) electrons. The van der Waals surface area contributed by atoms with E-state index in [1.165, 1.54) is 6.92 Å².